The molecule has 0 aromatic heterocycles. The van der Waals surface area contributed by atoms with Gasteiger partial charge in [-0.25, -0.2) is 13.1 Å². The smallest absolute Gasteiger partial charge is 0.242 e. The van der Waals surface area contributed by atoms with Crippen LogP contribution in [0.15, 0.2) is 29.2 Å². The number of anilines is 1. The van der Waals surface area contributed by atoms with E-state index in [4.69, 9.17) is 0 Å². The first kappa shape index (κ1) is 17.5. The monoisotopic (exact) mass is 313 g/mol. The van der Waals surface area contributed by atoms with Crippen LogP contribution in [0.25, 0.3) is 0 Å². The van der Waals surface area contributed by atoms with Crippen LogP contribution in [0, 0.1) is 0 Å². The van der Waals surface area contributed by atoms with Gasteiger partial charge in [0.05, 0.1) is 5.69 Å². The maximum absolute atomic E-state index is 12.1. The first-order valence-electron chi connectivity index (χ1n) is 6.93. The lowest BCUT2D eigenvalue weighted by Crippen LogP contribution is -2.41. The third-order valence-corrected chi connectivity index (χ3v) is 4.31. The van der Waals surface area contributed by atoms with E-state index in [0.717, 1.165) is 0 Å². The van der Waals surface area contributed by atoms with Crippen molar-refractivity contribution in [3.05, 3.63) is 24.3 Å². The standard InChI is InChI=1S/C14H23N3O3S/c1-5-15-21(19,20)13-9-7-6-8-12(13)17-11(4)14(18)16-10(2)3/h6-11,15,17H,5H2,1-4H3,(H,16,18). The van der Waals surface area contributed by atoms with E-state index in [1.165, 1.54) is 6.07 Å². The molecule has 0 aliphatic heterocycles. The highest BCUT2D eigenvalue weighted by Gasteiger charge is 2.20. The van der Waals surface area contributed by atoms with Crippen LogP contribution in [-0.2, 0) is 14.8 Å². The Bertz CT molecular complexity index is 585. The second kappa shape index (κ2) is 7.42. The maximum atomic E-state index is 12.1. The van der Waals surface area contributed by atoms with Crippen LogP contribution in [0.4, 0.5) is 5.69 Å². The number of benzene rings is 1. The van der Waals surface area contributed by atoms with E-state index in [9.17, 15) is 13.2 Å². The summed E-state index contributed by atoms with van der Waals surface area (Å²) in [5.41, 5.74) is 0.407. The summed E-state index contributed by atoms with van der Waals surface area (Å²) in [6.07, 6.45) is 0. The fourth-order valence-electron chi connectivity index (χ4n) is 1.80. The van der Waals surface area contributed by atoms with Gasteiger partial charge in [0.2, 0.25) is 15.9 Å². The van der Waals surface area contributed by atoms with Gasteiger partial charge in [-0.1, -0.05) is 19.1 Å². The Morgan fingerprint density at radius 1 is 1.19 bits per heavy atom. The van der Waals surface area contributed by atoms with Crippen molar-refractivity contribution < 1.29 is 13.2 Å². The first-order chi connectivity index (χ1) is 9.77. The molecule has 3 N–H and O–H groups in total. The number of hydrogen-bond acceptors (Lipinski definition) is 4. The van der Waals surface area contributed by atoms with Crippen molar-refractivity contribution in [3.8, 4) is 0 Å². The average Bonchev–Trinajstić information content (AvgIpc) is 2.38. The Balaban J connectivity index is 2.97. The lowest BCUT2D eigenvalue weighted by atomic mass is 10.2. The molecular formula is C14H23N3O3S. The summed E-state index contributed by atoms with van der Waals surface area (Å²) in [6.45, 7) is 7.45. The van der Waals surface area contributed by atoms with Gasteiger partial charge in [-0.3, -0.25) is 4.79 Å². The third-order valence-electron chi connectivity index (χ3n) is 2.71. The van der Waals surface area contributed by atoms with Crippen LogP contribution in [0.2, 0.25) is 0 Å². The highest BCUT2D eigenvalue weighted by atomic mass is 32.2. The number of rotatable bonds is 7. The summed E-state index contributed by atoms with van der Waals surface area (Å²) in [5.74, 6) is -0.180. The van der Waals surface area contributed by atoms with Crippen LogP contribution in [-0.4, -0.2) is 33.0 Å². The van der Waals surface area contributed by atoms with Gasteiger partial charge in [0, 0.05) is 12.6 Å². The minimum absolute atomic E-state index is 0.0301. The normalized spacial score (nSPS) is 13.0. The van der Waals surface area contributed by atoms with Crippen molar-refractivity contribution in [1.82, 2.24) is 10.0 Å². The Morgan fingerprint density at radius 2 is 1.81 bits per heavy atom. The molecule has 6 nitrogen and oxygen atoms in total. The molecule has 1 aromatic carbocycles. The summed E-state index contributed by atoms with van der Waals surface area (Å²) < 4.78 is 26.7. The van der Waals surface area contributed by atoms with E-state index in [1.807, 2.05) is 13.8 Å². The minimum Gasteiger partial charge on any atom is -0.373 e. The van der Waals surface area contributed by atoms with E-state index >= 15 is 0 Å². The first-order valence-corrected chi connectivity index (χ1v) is 8.41. The number of carbonyl (C=O) groups excluding carboxylic acids is 1. The average molecular weight is 313 g/mol. The second-order valence-electron chi connectivity index (χ2n) is 5.03. The predicted molar refractivity (Wildman–Crippen MR) is 83.7 cm³/mol. The Morgan fingerprint density at radius 3 is 2.38 bits per heavy atom. The van der Waals surface area contributed by atoms with Crippen molar-refractivity contribution in [2.24, 2.45) is 0 Å². The molecule has 1 amide bonds. The fraction of sp³-hybridized carbons (Fsp3) is 0.500. The predicted octanol–water partition coefficient (Wildman–Crippen LogP) is 1.31. The number of carbonyl (C=O) groups is 1. The quantitative estimate of drug-likeness (QED) is 0.708. The second-order valence-corrected chi connectivity index (χ2v) is 6.76. The molecule has 118 valence electrons. The molecule has 0 saturated carbocycles. The summed E-state index contributed by atoms with van der Waals surface area (Å²) in [7, 11) is -3.58. The fourth-order valence-corrected chi connectivity index (χ4v) is 3.01. The molecule has 0 heterocycles. The number of amides is 1. The van der Waals surface area contributed by atoms with Crippen LogP contribution < -0.4 is 15.4 Å². The van der Waals surface area contributed by atoms with Gasteiger partial charge >= 0.3 is 0 Å². The Kier molecular flexibility index (Phi) is 6.17. The van der Waals surface area contributed by atoms with Crippen LogP contribution >= 0.6 is 0 Å². The molecule has 0 fully saturated rings. The topological polar surface area (TPSA) is 87.3 Å². The zero-order valence-corrected chi connectivity index (χ0v) is 13.6. The Labute approximate surface area is 126 Å². The highest BCUT2D eigenvalue weighted by molar-refractivity contribution is 7.89. The van der Waals surface area contributed by atoms with E-state index < -0.39 is 16.1 Å². The molecule has 0 bridgehead atoms. The molecule has 7 heteroatoms. The van der Waals surface area contributed by atoms with Gasteiger partial charge in [-0.05, 0) is 32.9 Å². The van der Waals surface area contributed by atoms with Crippen molar-refractivity contribution in [2.75, 3.05) is 11.9 Å². The summed E-state index contributed by atoms with van der Waals surface area (Å²) in [6, 6.07) is 6.01. The van der Waals surface area contributed by atoms with Crippen LogP contribution in [0.1, 0.15) is 27.7 Å². The lowest BCUT2D eigenvalue weighted by molar-refractivity contribution is -0.122. The molecule has 1 unspecified atom stereocenters. The maximum Gasteiger partial charge on any atom is 0.242 e. The summed E-state index contributed by atoms with van der Waals surface area (Å²) in [5, 5.41) is 5.73. The van der Waals surface area contributed by atoms with Crippen molar-refractivity contribution >= 4 is 21.6 Å². The Hall–Kier alpha value is -1.60. The van der Waals surface area contributed by atoms with Gasteiger partial charge in [0.25, 0.3) is 0 Å². The van der Waals surface area contributed by atoms with Gasteiger partial charge in [0.15, 0.2) is 0 Å². The van der Waals surface area contributed by atoms with E-state index in [0.29, 0.717) is 12.2 Å². The van der Waals surface area contributed by atoms with E-state index in [-0.39, 0.29) is 16.8 Å². The lowest BCUT2D eigenvalue weighted by Gasteiger charge is -2.19. The van der Waals surface area contributed by atoms with Gasteiger partial charge in [-0.15, -0.1) is 0 Å². The van der Waals surface area contributed by atoms with Crippen molar-refractivity contribution in [3.63, 3.8) is 0 Å². The zero-order chi connectivity index (χ0) is 16.0. The molecule has 0 spiro atoms. The zero-order valence-electron chi connectivity index (χ0n) is 12.8. The summed E-state index contributed by atoms with van der Waals surface area (Å²) in [4.78, 5) is 12.0. The van der Waals surface area contributed by atoms with E-state index in [2.05, 4.69) is 15.4 Å². The number of sulfonamides is 1. The van der Waals surface area contributed by atoms with Crippen LogP contribution in [0.5, 0.6) is 0 Å². The molecule has 1 aromatic rings. The molecule has 1 rings (SSSR count). The van der Waals surface area contributed by atoms with Crippen molar-refractivity contribution in [1.29, 1.82) is 0 Å². The van der Waals surface area contributed by atoms with Gasteiger partial charge < -0.3 is 10.6 Å². The number of nitrogens with one attached hydrogen (secondary N) is 3. The highest BCUT2D eigenvalue weighted by Crippen LogP contribution is 2.21. The number of hydrogen-bond donors (Lipinski definition) is 3. The molecular weight excluding hydrogens is 290 g/mol. The van der Waals surface area contributed by atoms with Crippen molar-refractivity contribution in [2.45, 2.75) is 44.7 Å². The minimum atomic E-state index is -3.58. The molecule has 0 radical (unpaired) electrons. The SMILES string of the molecule is CCNS(=O)(=O)c1ccccc1NC(C)C(=O)NC(C)C. The third kappa shape index (κ3) is 5.02. The summed E-state index contributed by atoms with van der Waals surface area (Å²) >= 11 is 0. The molecule has 0 aliphatic carbocycles. The molecule has 0 aliphatic rings. The molecule has 1 atom stereocenters. The van der Waals surface area contributed by atoms with Gasteiger partial charge in [-0.2, -0.15) is 0 Å². The number of para-hydroxylation sites is 1. The molecule has 0 saturated heterocycles. The van der Waals surface area contributed by atoms with E-state index in [1.54, 1.807) is 32.0 Å². The molecule has 21 heavy (non-hydrogen) atoms. The van der Waals surface area contributed by atoms with Crippen LogP contribution in [0.3, 0.4) is 0 Å². The largest absolute Gasteiger partial charge is 0.373 e. The van der Waals surface area contributed by atoms with Gasteiger partial charge in [0.1, 0.15) is 10.9 Å².